The molecule has 0 spiro atoms. The van der Waals surface area contributed by atoms with Crippen LogP contribution in [-0.4, -0.2) is 13.7 Å². The molecule has 0 aliphatic heterocycles. The van der Waals surface area contributed by atoms with Gasteiger partial charge in [0, 0.05) is 0 Å². The van der Waals surface area contributed by atoms with E-state index >= 15 is 0 Å². The second kappa shape index (κ2) is 8.71. The van der Waals surface area contributed by atoms with E-state index in [1.807, 2.05) is 0 Å². The lowest BCUT2D eigenvalue weighted by Gasteiger charge is -2.17. The largest absolute Gasteiger partial charge is 0.417 e. The van der Waals surface area contributed by atoms with Gasteiger partial charge in [-0.2, -0.15) is 13.2 Å². The third-order valence-corrected chi connectivity index (χ3v) is 6.26. The van der Waals surface area contributed by atoms with Gasteiger partial charge in [0.1, 0.15) is 0 Å². The van der Waals surface area contributed by atoms with Crippen LogP contribution in [0.15, 0.2) is 29.2 Å². The first-order valence-electron chi connectivity index (χ1n) is 8.11. The van der Waals surface area contributed by atoms with E-state index in [1.54, 1.807) is 0 Å². The topological polar surface area (TPSA) is 34.1 Å². The molecule has 1 aromatic carbocycles. The van der Waals surface area contributed by atoms with Gasteiger partial charge in [-0.15, -0.1) is 0 Å². The summed E-state index contributed by atoms with van der Waals surface area (Å²) < 4.78 is 63.9. The fourth-order valence-electron chi connectivity index (χ4n) is 2.53. The SMILES string of the molecule is CCCCCCCCC(C)S(=O)(=O)c1ccccc1C(F)(F)F. The molecule has 0 aromatic heterocycles. The first-order valence-corrected chi connectivity index (χ1v) is 9.66. The van der Waals surface area contributed by atoms with E-state index in [0.717, 1.165) is 50.7 Å². The summed E-state index contributed by atoms with van der Waals surface area (Å²) in [5.41, 5.74) is -1.07. The summed E-state index contributed by atoms with van der Waals surface area (Å²) in [6.45, 7) is 3.61. The van der Waals surface area contributed by atoms with E-state index in [2.05, 4.69) is 6.92 Å². The molecule has 132 valence electrons. The van der Waals surface area contributed by atoms with Crippen molar-refractivity contribution < 1.29 is 21.6 Å². The molecule has 0 amide bonds. The Hall–Kier alpha value is -1.04. The van der Waals surface area contributed by atoms with E-state index < -0.39 is 31.7 Å². The molecule has 0 heterocycles. The highest BCUT2D eigenvalue weighted by Gasteiger charge is 2.38. The van der Waals surface area contributed by atoms with Crippen LogP contribution < -0.4 is 0 Å². The Morgan fingerprint density at radius 1 is 1.00 bits per heavy atom. The minimum Gasteiger partial charge on any atom is -0.223 e. The smallest absolute Gasteiger partial charge is 0.223 e. The number of rotatable bonds is 9. The molecule has 0 aliphatic carbocycles. The van der Waals surface area contributed by atoms with Crippen molar-refractivity contribution >= 4 is 9.84 Å². The predicted octanol–water partition coefficient (Wildman–Crippen LogP) is 5.62. The van der Waals surface area contributed by atoms with Crippen LogP contribution in [0.25, 0.3) is 0 Å². The molecule has 0 fully saturated rings. The number of halogens is 3. The molecule has 1 unspecified atom stereocenters. The number of hydrogen-bond donors (Lipinski definition) is 0. The van der Waals surface area contributed by atoms with Crippen molar-refractivity contribution in [2.24, 2.45) is 0 Å². The van der Waals surface area contributed by atoms with Crippen molar-refractivity contribution in [2.45, 2.75) is 75.1 Å². The van der Waals surface area contributed by atoms with Crippen molar-refractivity contribution in [3.63, 3.8) is 0 Å². The first kappa shape index (κ1) is 20.0. The molecule has 0 saturated heterocycles. The average molecular weight is 350 g/mol. The third kappa shape index (κ3) is 5.83. The van der Waals surface area contributed by atoms with E-state index in [1.165, 1.54) is 19.1 Å². The highest BCUT2D eigenvalue weighted by atomic mass is 32.2. The standard InChI is InChI=1S/C17H25F3O2S/c1-3-4-5-6-7-8-11-14(2)23(21,22)16-13-10-9-12-15(16)17(18,19)20/h9-10,12-14H,3-8,11H2,1-2H3. The van der Waals surface area contributed by atoms with Gasteiger partial charge < -0.3 is 0 Å². The van der Waals surface area contributed by atoms with Gasteiger partial charge in [0.25, 0.3) is 0 Å². The maximum absolute atomic E-state index is 13.0. The fourth-order valence-corrected chi connectivity index (χ4v) is 4.20. The molecule has 6 heteroatoms. The normalized spacial score (nSPS) is 14.0. The summed E-state index contributed by atoms with van der Waals surface area (Å²) in [5, 5.41) is -0.808. The Labute approximate surface area is 137 Å². The Kier molecular flexibility index (Phi) is 7.58. The van der Waals surface area contributed by atoms with Crippen LogP contribution in [0.1, 0.15) is 64.4 Å². The zero-order valence-electron chi connectivity index (χ0n) is 13.7. The van der Waals surface area contributed by atoms with Gasteiger partial charge in [0.05, 0.1) is 15.7 Å². The second-order valence-electron chi connectivity index (χ2n) is 5.91. The van der Waals surface area contributed by atoms with E-state index in [4.69, 9.17) is 0 Å². The summed E-state index contributed by atoms with van der Waals surface area (Å²) in [5.74, 6) is 0. The zero-order valence-corrected chi connectivity index (χ0v) is 14.5. The van der Waals surface area contributed by atoms with Gasteiger partial charge in [-0.25, -0.2) is 8.42 Å². The highest BCUT2D eigenvalue weighted by molar-refractivity contribution is 7.92. The van der Waals surface area contributed by atoms with Gasteiger partial charge in [-0.05, 0) is 25.5 Å². The molecule has 0 bridgehead atoms. The van der Waals surface area contributed by atoms with Crippen molar-refractivity contribution in [3.8, 4) is 0 Å². The first-order chi connectivity index (χ1) is 10.7. The molecule has 0 N–H and O–H groups in total. The van der Waals surface area contributed by atoms with Gasteiger partial charge >= 0.3 is 6.18 Å². The lowest BCUT2D eigenvalue weighted by atomic mass is 10.1. The summed E-state index contributed by atoms with van der Waals surface area (Å²) in [4.78, 5) is -0.606. The van der Waals surface area contributed by atoms with Gasteiger partial charge in [0.15, 0.2) is 9.84 Å². The molecular weight excluding hydrogens is 325 g/mol. The summed E-state index contributed by atoms with van der Waals surface area (Å²) in [7, 11) is -3.97. The Morgan fingerprint density at radius 2 is 1.57 bits per heavy atom. The molecular formula is C17H25F3O2S. The minimum atomic E-state index is -4.66. The molecule has 1 aromatic rings. The average Bonchev–Trinajstić information content (AvgIpc) is 2.49. The molecule has 0 radical (unpaired) electrons. The third-order valence-electron chi connectivity index (χ3n) is 3.99. The van der Waals surface area contributed by atoms with Crippen LogP contribution >= 0.6 is 0 Å². The van der Waals surface area contributed by atoms with Gasteiger partial charge in [-0.3, -0.25) is 0 Å². The van der Waals surface area contributed by atoms with E-state index in [9.17, 15) is 21.6 Å². The summed E-state index contributed by atoms with van der Waals surface area (Å²) in [6.07, 6.45) is 1.82. The minimum absolute atomic E-state index is 0.390. The van der Waals surface area contributed by atoms with E-state index in [-0.39, 0.29) is 0 Å². The quantitative estimate of drug-likeness (QED) is 0.542. The number of alkyl halides is 3. The Bertz CT molecular complexity index is 580. The fraction of sp³-hybridized carbons (Fsp3) is 0.647. The predicted molar refractivity (Wildman–Crippen MR) is 86.1 cm³/mol. The van der Waals surface area contributed by atoms with Crippen LogP contribution in [0.3, 0.4) is 0 Å². The molecule has 2 nitrogen and oxygen atoms in total. The van der Waals surface area contributed by atoms with E-state index in [0.29, 0.717) is 6.42 Å². The number of unbranched alkanes of at least 4 members (excludes halogenated alkanes) is 5. The molecule has 0 aliphatic rings. The van der Waals surface area contributed by atoms with Crippen molar-refractivity contribution in [2.75, 3.05) is 0 Å². The highest BCUT2D eigenvalue weighted by Crippen LogP contribution is 2.35. The number of sulfone groups is 1. The number of benzene rings is 1. The maximum atomic E-state index is 13.0. The lowest BCUT2D eigenvalue weighted by Crippen LogP contribution is -2.22. The van der Waals surface area contributed by atoms with Gasteiger partial charge in [0.2, 0.25) is 0 Å². The van der Waals surface area contributed by atoms with Crippen LogP contribution in [0.2, 0.25) is 0 Å². The Morgan fingerprint density at radius 3 is 2.17 bits per heavy atom. The van der Waals surface area contributed by atoms with Crippen molar-refractivity contribution in [1.82, 2.24) is 0 Å². The molecule has 1 rings (SSSR count). The van der Waals surface area contributed by atoms with Crippen molar-refractivity contribution in [1.29, 1.82) is 0 Å². The monoisotopic (exact) mass is 350 g/mol. The lowest BCUT2D eigenvalue weighted by molar-refractivity contribution is -0.139. The van der Waals surface area contributed by atoms with Crippen LogP contribution in [0, 0.1) is 0 Å². The number of hydrogen-bond acceptors (Lipinski definition) is 2. The zero-order chi connectivity index (χ0) is 17.5. The molecule has 23 heavy (non-hydrogen) atoms. The molecule has 1 atom stereocenters. The summed E-state index contributed by atoms with van der Waals surface area (Å²) >= 11 is 0. The van der Waals surface area contributed by atoms with Crippen LogP contribution in [0.5, 0.6) is 0 Å². The van der Waals surface area contributed by atoms with Crippen LogP contribution in [-0.2, 0) is 16.0 Å². The van der Waals surface area contributed by atoms with Crippen LogP contribution in [0.4, 0.5) is 13.2 Å². The maximum Gasteiger partial charge on any atom is 0.417 e. The molecule has 0 saturated carbocycles. The second-order valence-corrected chi connectivity index (χ2v) is 8.24. The van der Waals surface area contributed by atoms with Crippen molar-refractivity contribution in [3.05, 3.63) is 29.8 Å². The summed E-state index contributed by atoms with van der Waals surface area (Å²) in [6, 6.07) is 4.42. The Balaban J connectivity index is 2.75. The van der Waals surface area contributed by atoms with Gasteiger partial charge in [-0.1, -0.05) is 57.6 Å².